The van der Waals surface area contributed by atoms with Gasteiger partial charge in [0.05, 0.1) is 12.2 Å². The van der Waals surface area contributed by atoms with E-state index in [1.807, 2.05) is 18.2 Å². The highest BCUT2D eigenvalue weighted by molar-refractivity contribution is 6.30. The Hall–Kier alpha value is -2.33. The molecule has 1 aliphatic carbocycles. The molecule has 2 aromatic rings. The number of allylic oxidation sites excluding steroid dienone is 2. The molecular weight excluding hydrogens is 326 g/mol. The predicted octanol–water partition coefficient (Wildman–Crippen LogP) is 4.46. The third kappa shape index (κ3) is 2.47. The highest BCUT2D eigenvalue weighted by Crippen LogP contribution is 2.43. The highest BCUT2D eigenvalue weighted by atomic mass is 35.5. The summed E-state index contributed by atoms with van der Waals surface area (Å²) in [6, 6.07) is 10.8. The lowest BCUT2D eigenvalue weighted by molar-refractivity contribution is -0.120. The molecule has 1 aromatic carbocycles. The zero-order valence-corrected chi connectivity index (χ0v) is 13.8. The zero-order chi connectivity index (χ0) is 16.7. The van der Waals surface area contributed by atoms with Crippen LogP contribution in [0.4, 0.5) is 5.69 Å². The summed E-state index contributed by atoms with van der Waals surface area (Å²) in [4.78, 5) is 27.1. The summed E-state index contributed by atoms with van der Waals surface area (Å²) in [5.41, 5.74) is 2.29. The number of nitrogens with zero attached hydrogens (tertiary/aromatic N) is 1. The molecule has 1 aliphatic heterocycles. The number of ketones is 1. The van der Waals surface area contributed by atoms with Crippen LogP contribution in [0.15, 0.2) is 58.3 Å². The van der Waals surface area contributed by atoms with Gasteiger partial charge in [0, 0.05) is 34.8 Å². The maximum absolute atomic E-state index is 12.9. The number of carbonyl (C=O) groups is 2. The van der Waals surface area contributed by atoms with E-state index in [2.05, 4.69) is 0 Å². The number of benzene rings is 1. The molecule has 4 nitrogen and oxygen atoms in total. The van der Waals surface area contributed by atoms with E-state index in [-0.39, 0.29) is 24.0 Å². The van der Waals surface area contributed by atoms with Crippen LogP contribution in [0.3, 0.4) is 0 Å². The largest absolute Gasteiger partial charge is 0.469 e. The van der Waals surface area contributed by atoms with Gasteiger partial charge >= 0.3 is 0 Å². The Morgan fingerprint density at radius 2 is 1.88 bits per heavy atom. The van der Waals surface area contributed by atoms with Crippen molar-refractivity contribution >= 4 is 29.0 Å². The number of rotatable bonds is 2. The van der Waals surface area contributed by atoms with E-state index in [0.29, 0.717) is 23.6 Å². The first-order valence-electron chi connectivity index (χ1n) is 8.03. The summed E-state index contributed by atoms with van der Waals surface area (Å²) in [7, 11) is 0. The first-order valence-corrected chi connectivity index (χ1v) is 8.41. The second-order valence-electron chi connectivity index (χ2n) is 6.11. The number of hydrogen-bond donors (Lipinski definition) is 0. The summed E-state index contributed by atoms with van der Waals surface area (Å²) < 4.78 is 5.50. The summed E-state index contributed by atoms with van der Waals surface area (Å²) in [6.45, 7) is 0. The predicted molar refractivity (Wildman–Crippen MR) is 90.9 cm³/mol. The Labute approximate surface area is 144 Å². The lowest BCUT2D eigenvalue weighted by atomic mass is 9.79. The van der Waals surface area contributed by atoms with Gasteiger partial charge in [-0.1, -0.05) is 11.6 Å². The quantitative estimate of drug-likeness (QED) is 0.810. The molecule has 1 atom stereocenters. The van der Waals surface area contributed by atoms with Crippen LogP contribution in [0, 0.1) is 0 Å². The fourth-order valence-corrected chi connectivity index (χ4v) is 3.74. The minimum absolute atomic E-state index is 0.0211. The number of amides is 1. The lowest BCUT2D eigenvalue weighted by Crippen LogP contribution is -2.40. The van der Waals surface area contributed by atoms with Gasteiger partial charge < -0.3 is 4.42 Å². The molecule has 0 saturated heterocycles. The van der Waals surface area contributed by atoms with Crippen LogP contribution in [0.2, 0.25) is 5.02 Å². The molecule has 1 unspecified atom stereocenters. The molecule has 24 heavy (non-hydrogen) atoms. The number of halogens is 1. The lowest BCUT2D eigenvalue weighted by Gasteiger charge is -2.37. The molecule has 0 bridgehead atoms. The standard InChI is InChI=1S/C19H16ClNO3/c20-12-6-8-13(9-7-12)21-15-3-1-4-16(22)19(15)14(11-18(21)23)17-5-2-10-24-17/h2,5-10,14H,1,3-4,11H2. The van der Waals surface area contributed by atoms with Gasteiger partial charge in [-0.15, -0.1) is 0 Å². The van der Waals surface area contributed by atoms with Crippen molar-refractivity contribution in [1.82, 2.24) is 0 Å². The van der Waals surface area contributed by atoms with Crippen LogP contribution in [0.5, 0.6) is 0 Å². The molecule has 1 aromatic heterocycles. The topological polar surface area (TPSA) is 50.5 Å². The van der Waals surface area contributed by atoms with Crippen molar-refractivity contribution in [2.45, 2.75) is 31.6 Å². The molecule has 122 valence electrons. The monoisotopic (exact) mass is 341 g/mol. The highest BCUT2D eigenvalue weighted by Gasteiger charge is 2.40. The second kappa shape index (κ2) is 5.95. The van der Waals surface area contributed by atoms with E-state index in [4.69, 9.17) is 16.0 Å². The molecule has 2 aliphatic rings. The van der Waals surface area contributed by atoms with E-state index < -0.39 is 0 Å². The number of furan rings is 1. The van der Waals surface area contributed by atoms with Crippen molar-refractivity contribution in [3.8, 4) is 0 Å². The summed E-state index contributed by atoms with van der Waals surface area (Å²) >= 11 is 5.96. The Bertz CT molecular complexity index is 821. The first-order chi connectivity index (χ1) is 11.6. The van der Waals surface area contributed by atoms with E-state index in [1.54, 1.807) is 29.4 Å². The molecule has 1 amide bonds. The van der Waals surface area contributed by atoms with E-state index in [0.717, 1.165) is 23.4 Å². The van der Waals surface area contributed by atoms with Crippen molar-refractivity contribution < 1.29 is 14.0 Å². The molecule has 5 heteroatoms. The van der Waals surface area contributed by atoms with E-state index in [1.165, 1.54) is 0 Å². The summed E-state index contributed by atoms with van der Waals surface area (Å²) in [6.07, 6.45) is 3.82. The molecule has 0 N–H and O–H groups in total. The van der Waals surface area contributed by atoms with Gasteiger partial charge in [-0.2, -0.15) is 0 Å². The summed E-state index contributed by atoms with van der Waals surface area (Å²) in [5.74, 6) is 0.497. The Morgan fingerprint density at radius 1 is 1.08 bits per heavy atom. The van der Waals surface area contributed by atoms with Gasteiger partial charge in [0.15, 0.2) is 5.78 Å². The third-order valence-electron chi connectivity index (χ3n) is 4.65. The maximum Gasteiger partial charge on any atom is 0.232 e. The number of carbonyl (C=O) groups excluding carboxylic acids is 2. The van der Waals surface area contributed by atoms with Gasteiger partial charge in [-0.05, 0) is 49.2 Å². The molecule has 0 fully saturated rings. The number of hydrogen-bond acceptors (Lipinski definition) is 3. The Kier molecular flexibility index (Phi) is 3.77. The minimum Gasteiger partial charge on any atom is -0.469 e. The number of Topliss-reactive ketones (excluding diaryl/α,β-unsaturated/α-hetero) is 1. The van der Waals surface area contributed by atoms with Crippen molar-refractivity contribution in [3.63, 3.8) is 0 Å². The van der Waals surface area contributed by atoms with Crippen molar-refractivity contribution in [2.24, 2.45) is 0 Å². The van der Waals surface area contributed by atoms with Crippen LogP contribution < -0.4 is 4.90 Å². The van der Waals surface area contributed by atoms with E-state index in [9.17, 15) is 9.59 Å². The minimum atomic E-state index is -0.279. The van der Waals surface area contributed by atoms with Gasteiger partial charge in [0.2, 0.25) is 5.91 Å². The maximum atomic E-state index is 12.9. The summed E-state index contributed by atoms with van der Waals surface area (Å²) in [5, 5.41) is 0.616. The van der Waals surface area contributed by atoms with Crippen molar-refractivity contribution in [3.05, 3.63) is 64.7 Å². The Morgan fingerprint density at radius 3 is 2.58 bits per heavy atom. The molecule has 4 rings (SSSR count). The molecule has 0 saturated carbocycles. The van der Waals surface area contributed by atoms with Crippen LogP contribution in [0.1, 0.15) is 37.4 Å². The first kappa shape index (κ1) is 15.2. The van der Waals surface area contributed by atoms with Gasteiger partial charge in [-0.3, -0.25) is 14.5 Å². The average molecular weight is 342 g/mol. The molecular formula is C19H16ClNO3. The molecule has 2 heterocycles. The Balaban J connectivity index is 1.85. The zero-order valence-electron chi connectivity index (χ0n) is 13.0. The van der Waals surface area contributed by atoms with Crippen molar-refractivity contribution in [1.29, 1.82) is 0 Å². The normalized spacial score (nSPS) is 21.2. The fraction of sp³-hybridized carbons (Fsp3) is 0.263. The smallest absolute Gasteiger partial charge is 0.232 e. The fourth-order valence-electron chi connectivity index (χ4n) is 3.62. The molecule has 0 radical (unpaired) electrons. The third-order valence-corrected chi connectivity index (χ3v) is 4.90. The van der Waals surface area contributed by atoms with Crippen LogP contribution in [-0.2, 0) is 9.59 Å². The van der Waals surface area contributed by atoms with Crippen molar-refractivity contribution in [2.75, 3.05) is 4.90 Å². The number of anilines is 1. The van der Waals surface area contributed by atoms with Crippen LogP contribution >= 0.6 is 11.6 Å². The SMILES string of the molecule is O=C1CCCC2=C1C(c1ccco1)CC(=O)N2c1ccc(Cl)cc1. The van der Waals surface area contributed by atoms with E-state index >= 15 is 0 Å². The average Bonchev–Trinajstić information content (AvgIpc) is 3.10. The van der Waals surface area contributed by atoms with Gasteiger partial charge in [0.25, 0.3) is 0 Å². The van der Waals surface area contributed by atoms with Crippen LogP contribution in [-0.4, -0.2) is 11.7 Å². The van der Waals surface area contributed by atoms with Crippen LogP contribution in [0.25, 0.3) is 0 Å². The van der Waals surface area contributed by atoms with Gasteiger partial charge in [0.1, 0.15) is 5.76 Å². The van der Waals surface area contributed by atoms with Gasteiger partial charge in [-0.25, -0.2) is 0 Å². The molecule has 0 spiro atoms. The second-order valence-corrected chi connectivity index (χ2v) is 6.55.